The van der Waals surface area contributed by atoms with E-state index >= 15 is 0 Å². The first-order valence-electron chi connectivity index (χ1n) is 3.72. The maximum atomic E-state index is 10.2. The lowest BCUT2D eigenvalue weighted by molar-refractivity contribution is -0.482. The van der Waals surface area contributed by atoms with Crippen LogP contribution >= 0.6 is 0 Å². The van der Waals surface area contributed by atoms with Crippen LogP contribution in [0.3, 0.4) is 0 Å². The van der Waals surface area contributed by atoms with Gasteiger partial charge in [0.05, 0.1) is 0 Å². The number of hydrogen-bond donors (Lipinski definition) is 0. The van der Waals surface area contributed by atoms with Crippen molar-refractivity contribution in [3.63, 3.8) is 0 Å². The predicted octanol–water partition coefficient (Wildman–Crippen LogP) is 1.46. The van der Waals surface area contributed by atoms with Gasteiger partial charge in [0.15, 0.2) is 0 Å². The minimum Gasteiger partial charge on any atom is -0.265 e. The Hall–Kier alpha value is -1.45. The Bertz CT molecular complexity index is 261. The van der Waals surface area contributed by atoms with Gasteiger partial charge in [-0.15, -0.1) is 0 Å². The maximum absolute atomic E-state index is 10.2. The second-order valence-electron chi connectivity index (χ2n) is 2.70. The summed E-state index contributed by atoms with van der Waals surface area (Å²) < 4.78 is 0. The maximum Gasteiger partial charge on any atom is 0.210 e. The highest BCUT2D eigenvalue weighted by Gasteiger charge is 2.10. The zero-order valence-electron chi connectivity index (χ0n) is 6.80. The van der Waals surface area contributed by atoms with Gasteiger partial charge in [-0.3, -0.25) is 15.1 Å². The van der Waals surface area contributed by atoms with Crippen LogP contribution in [0.4, 0.5) is 0 Å². The quantitative estimate of drug-likeness (QED) is 0.504. The fourth-order valence-corrected chi connectivity index (χ4v) is 0.996. The number of aromatic nitrogens is 1. The normalized spacial score (nSPS) is 12.4. The van der Waals surface area contributed by atoms with Gasteiger partial charge in [0.1, 0.15) is 0 Å². The largest absolute Gasteiger partial charge is 0.265 e. The third-order valence-corrected chi connectivity index (χ3v) is 1.68. The third kappa shape index (κ3) is 2.30. The number of pyridine rings is 1. The van der Waals surface area contributed by atoms with E-state index in [4.69, 9.17) is 0 Å². The highest BCUT2D eigenvalue weighted by Crippen LogP contribution is 2.12. The molecule has 1 unspecified atom stereocenters. The van der Waals surface area contributed by atoms with Gasteiger partial charge in [0, 0.05) is 23.2 Å². The van der Waals surface area contributed by atoms with E-state index in [1.54, 1.807) is 18.5 Å². The van der Waals surface area contributed by atoms with E-state index in [-0.39, 0.29) is 17.4 Å². The molecule has 0 bridgehead atoms. The lowest BCUT2D eigenvalue weighted by atomic mass is 10.0. The van der Waals surface area contributed by atoms with E-state index in [0.717, 1.165) is 5.56 Å². The molecule has 0 amide bonds. The molecule has 4 heteroatoms. The van der Waals surface area contributed by atoms with Crippen molar-refractivity contribution < 1.29 is 4.92 Å². The lowest BCUT2D eigenvalue weighted by Crippen LogP contribution is -2.09. The molecule has 0 aromatic carbocycles. The van der Waals surface area contributed by atoms with Gasteiger partial charge in [0.2, 0.25) is 6.54 Å². The lowest BCUT2D eigenvalue weighted by Gasteiger charge is -2.04. The molecule has 64 valence electrons. The molecule has 0 spiro atoms. The smallest absolute Gasteiger partial charge is 0.210 e. The van der Waals surface area contributed by atoms with Crippen molar-refractivity contribution in [3.05, 3.63) is 40.2 Å². The molecule has 0 saturated carbocycles. The van der Waals surface area contributed by atoms with Crippen molar-refractivity contribution in [2.75, 3.05) is 6.54 Å². The van der Waals surface area contributed by atoms with Gasteiger partial charge in [-0.2, -0.15) is 0 Å². The summed E-state index contributed by atoms with van der Waals surface area (Å²) in [5.41, 5.74) is 0.911. The van der Waals surface area contributed by atoms with Crippen LogP contribution in [0.25, 0.3) is 0 Å². The molecule has 1 atom stereocenters. The molecule has 1 aromatic heterocycles. The van der Waals surface area contributed by atoms with Gasteiger partial charge in [-0.1, -0.05) is 13.0 Å². The van der Waals surface area contributed by atoms with E-state index in [2.05, 4.69) is 4.98 Å². The molecule has 0 aliphatic carbocycles. The van der Waals surface area contributed by atoms with Crippen LogP contribution in [-0.2, 0) is 0 Å². The molecule has 0 aliphatic heterocycles. The molecule has 1 rings (SSSR count). The van der Waals surface area contributed by atoms with Gasteiger partial charge >= 0.3 is 0 Å². The Morgan fingerprint density at radius 2 is 2.50 bits per heavy atom. The zero-order valence-corrected chi connectivity index (χ0v) is 6.80. The molecule has 0 aliphatic rings. The molecule has 0 fully saturated rings. The summed E-state index contributed by atoms with van der Waals surface area (Å²) in [6.45, 7) is 1.78. The monoisotopic (exact) mass is 166 g/mol. The van der Waals surface area contributed by atoms with E-state index < -0.39 is 0 Å². The Labute approximate surface area is 70.4 Å². The number of nitrogens with zero attached hydrogens (tertiary/aromatic N) is 2. The topological polar surface area (TPSA) is 56.0 Å². The number of nitro groups is 1. The van der Waals surface area contributed by atoms with Crippen molar-refractivity contribution in [2.24, 2.45) is 0 Å². The Morgan fingerprint density at radius 1 is 1.75 bits per heavy atom. The first kappa shape index (κ1) is 8.64. The fraction of sp³-hybridized carbons (Fsp3) is 0.375. The van der Waals surface area contributed by atoms with Crippen LogP contribution < -0.4 is 0 Å². The van der Waals surface area contributed by atoms with Crippen LogP contribution in [0.15, 0.2) is 24.5 Å². The Morgan fingerprint density at radius 3 is 3.00 bits per heavy atom. The standard InChI is InChI=1S/C8H10N2O2/c1-7(6-10(11)12)8-3-2-4-9-5-8/h2-5,7H,6H2,1H3. The minimum absolute atomic E-state index is 0.0360. The summed E-state index contributed by atoms with van der Waals surface area (Å²) in [7, 11) is 0. The predicted molar refractivity (Wildman–Crippen MR) is 44.5 cm³/mol. The van der Waals surface area contributed by atoms with E-state index in [9.17, 15) is 10.1 Å². The Balaban J connectivity index is 2.65. The van der Waals surface area contributed by atoms with Crippen LogP contribution in [-0.4, -0.2) is 16.5 Å². The van der Waals surface area contributed by atoms with Crippen molar-refractivity contribution in [3.8, 4) is 0 Å². The van der Waals surface area contributed by atoms with Crippen molar-refractivity contribution in [1.29, 1.82) is 0 Å². The molecule has 0 radical (unpaired) electrons. The first-order valence-corrected chi connectivity index (χ1v) is 3.72. The molecule has 1 heterocycles. The van der Waals surface area contributed by atoms with Crippen LogP contribution in [0.2, 0.25) is 0 Å². The van der Waals surface area contributed by atoms with Gasteiger partial charge in [0.25, 0.3) is 0 Å². The average Bonchev–Trinajstić information content (AvgIpc) is 2.05. The SMILES string of the molecule is CC(C[N+](=O)[O-])c1cccnc1. The summed E-state index contributed by atoms with van der Waals surface area (Å²) in [6, 6.07) is 3.63. The highest BCUT2D eigenvalue weighted by molar-refractivity contribution is 5.13. The number of rotatable bonds is 3. The second-order valence-corrected chi connectivity index (χ2v) is 2.70. The summed E-state index contributed by atoms with van der Waals surface area (Å²) in [5.74, 6) is -0.0614. The van der Waals surface area contributed by atoms with E-state index in [1.165, 1.54) is 0 Å². The van der Waals surface area contributed by atoms with E-state index in [1.807, 2.05) is 13.0 Å². The van der Waals surface area contributed by atoms with Crippen molar-refractivity contribution in [2.45, 2.75) is 12.8 Å². The van der Waals surface area contributed by atoms with Crippen LogP contribution in [0.5, 0.6) is 0 Å². The first-order chi connectivity index (χ1) is 5.70. The van der Waals surface area contributed by atoms with Crippen LogP contribution in [0, 0.1) is 10.1 Å². The Kier molecular flexibility index (Phi) is 2.74. The molecule has 0 N–H and O–H groups in total. The van der Waals surface area contributed by atoms with Crippen LogP contribution in [0.1, 0.15) is 18.4 Å². The van der Waals surface area contributed by atoms with Gasteiger partial charge in [-0.05, 0) is 11.6 Å². The van der Waals surface area contributed by atoms with Gasteiger partial charge < -0.3 is 0 Å². The second kappa shape index (κ2) is 3.80. The summed E-state index contributed by atoms with van der Waals surface area (Å²) in [5, 5.41) is 10.2. The number of hydrogen-bond acceptors (Lipinski definition) is 3. The van der Waals surface area contributed by atoms with Crippen molar-refractivity contribution in [1.82, 2.24) is 4.98 Å². The summed E-state index contributed by atoms with van der Waals surface area (Å²) in [6.07, 6.45) is 3.32. The fourth-order valence-electron chi connectivity index (χ4n) is 0.996. The van der Waals surface area contributed by atoms with Gasteiger partial charge in [-0.25, -0.2) is 0 Å². The molecular weight excluding hydrogens is 156 g/mol. The minimum atomic E-state index is -0.308. The molecular formula is C8H10N2O2. The molecule has 1 aromatic rings. The average molecular weight is 166 g/mol. The highest BCUT2D eigenvalue weighted by atomic mass is 16.6. The molecule has 0 saturated heterocycles. The summed E-state index contributed by atoms with van der Waals surface area (Å²) in [4.78, 5) is 13.8. The van der Waals surface area contributed by atoms with Crippen molar-refractivity contribution >= 4 is 0 Å². The summed E-state index contributed by atoms with van der Waals surface area (Å²) >= 11 is 0. The third-order valence-electron chi connectivity index (χ3n) is 1.68. The van der Waals surface area contributed by atoms with E-state index in [0.29, 0.717) is 0 Å². The zero-order chi connectivity index (χ0) is 8.97. The molecule has 12 heavy (non-hydrogen) atoms. The molecule has 4 nitrogen and oxygen atoms in total.